The van der Waals surface area contributed by atoms with Crippen molar-refractivity contribution < 1.29 is 4.74 Å². The van der Waals surface area contributed by atoms with Gasteiger partial charge in [0.05, 0.1) is 17.7 Å². The molecule has 2 rings (SSSR count). The third kappa shape index (κ3) is 5.34. The fourth-order valence-electron chi connectivity index (χ4n) is 2.44. The lowest BCUT2D eigenvalue weighted by Gasteiger charge is -2.23. The van der Waals surface area contributed by atoms with Crippen molar-refractivity contribution in [3.8, 4) is 0 Å². The molecule has 0 spiro atoms. The summed E-state index contributed by atoms with van der Waals surface area (Å²) in [5.41, 5.74) is 1.15. The van der Waals surface area contributed by atoms with Crippen LogP contribution < -0.4 is 5.32 Å². The number of halogens is 2. The highest BCUT2D eigenvalue weighted by Crippen LogP contribution is 2.14. The predicted octanol–water partition coefficient (Wildman–Crippen LogP) is 2.48. The second-order valence-electron chi connectivity index (χ2n) is 5.18. The van der Waals surface area contributed by atoms with Crippen LogP contribution in [0.15, 0.2) is 17.3 Å². The summed E-state index contributed by atoms with van der Waals surface area (Å²) in [5, 5.41) is 4.13. The summed E-state index contributed by atoms with van der Waals surface area (Å²) < 4.78 is 7.64. The van der Waals surface area contributed by atoms with E-state index in [0.717, 1.165) is 49.2 Å². The van der Waals surface area contributed by atoms with Gasteiger partial charge in [-0.2, -0.15) is 0 Å². The van der Waals surface area contributed by atoms with Gasteiger partial charge in [0.15, 0.2) is 5.96 Å². The summed E-state index contributed by atoms with van der Waals surface area (Å²) in [5.74, 6) is 0.873. The first kappa shape index (κ1) is 18.6. The summed E-state index contributed by atoms with van der Waals surface area (Å²) in [7, 11) is 5.82. The highest BCUT2D eigenvalue weighted by atomic mass is 127. The predicted molar refractivity (Wildman–Crippen MR) is 97.6 cm³/mol. The number of hydrogen-bond acceptors (Lipinski definition) is 2. The molecule has 21 heavy (non-hydrogen) atoms. The van der Waals surface area contributed by atoms with Crippen molar-refractivity contribution in [2.45, 2.75) is 25.5 Å². The standard InChI is InChI=1S/C14H23ClN4O.HI/c1-16-14(17-8-13-5-4-6-20-13)19(3)10-12-7-11(15)9-18(12)2;/h7,9,13H,4-6,8,10H2,1-3H3,(H,16,17);1H. The van der Waals surface area contributed by atoms with Gasteiger partial charge in [-0.3, -0.25) is 4.99 Å². The molecule has 1 unspecified atom stereocenters. The summed E-state index contributed by atoms with van der Waals surface area (Å²) >= 11 is 6.01. The van der Waals surface area contributed by atoms with Gasteiger partial charge in [0, 0.05) is 46.2 Å². The van der Waals surface area contributed by atoms with Gasteiger partial charge in [0.25, 0.3) is 0 Å². The lowest BCUT2D eigenvalue weighted by Crippen LogP contribution is -2.42. The van der Waals surface area contributed by atoms with E-state index in [1.807, 2.05) is 30.9 Å². The molecule has 2 heterocycles. The van der Waals surface area contributed by atoms with E-state index in [4.69, 9.17) is 16.3 Å². The van der Waals surface area contributed by atoms with Crippen LogP contribution in [0.3, 0.4) is 0 Å². The van der Waals surface area contributed by atoms with Crippen LogP contribution in [-0.4, -0.2) is 48.8 Å². The van der Waals surface area contributed by atoms with Crippen molar-refractivity contribution in [2.75, 3.05) is 27.2 Å². The van der Waals surface area contributed by atoms with Gasteiger partial charge in [-0.1, -0.05) is 11.6 Å². The van der Waals surface area contributed by atoms with Crippen LogP contribution >= 0.6 is 35.6 Å². The first-order valence-electron chi connectivity index (χ1n) is 6.94. The largest absolute Gasteiger partial charge is 0.376 e. The zero-order valence-corrected chi connectivity index (χ0v) is 15.9. The Labute approximate surface area is 148 Å². The highest BCUT2D eigenvalue weighted by Gasteiger charge is 2.17. The SMILES string of the molecule is CN=C(NCC1CCCO1)N(C)Cc1cc(Cl)cn1C.I. The Morgan fingerprint density at radius 2 is 2.38 bits per heavy atom. The lowest BCUT2D eigenvalue weighted by molar-refractivity contribution is 0.113. The number of ether oxygens (including phenoxy) is 1. The molecule has 1 aliphatic heterocycles. The van der Waals surface area contributed by atoms with Crippen LogP contribution in [0.4, 0.5) is 0 Å². The van der Waals surface area contributed by atoms with Gasteiger partial charge in [-0.25, -0.2) is 0 Å². The van der Waals surface area contributed by atoms with E-state index in [0.29, 0.717) is 6.10 Å². The molecule has 7 heteroatoms. The van der Waals surface area contributed by atoms with E-state index in [-0.39, 0.29) is 24.0 Å². The molecule has 0 radical (unpaired) electrons. The Hall–Kier alpha value is -0.470. The first-order valence-corrected chi connectivity index (χ1v) is 7.32. The number of aryl methyl sites for hydroxylation is 1. The normalized spacial score (nSPS) is 18.5. The van der Waals surface area contributed by atoms with Crippen LogP contribution in [-0.2, 0) is 18.3 Å². The van der Waals surface area contributed by atoms with E-state index < -0.39 is 0 Å². The molecule has 120 valence electrons. The van der Waals surface area contributed by atoms with Crippen LogP contribution in [0.2, 0.25) is 5.02 Å². The molecule has 1 aliphatic rings. The molecule has 5 nitrogen and oxygen atoms in total. The second kappa shape index (κ2) is 8.85. The quantitative estimate of drug-likeness (QED) is 0.457. The minimum absolute atomic E-state index is 0. The number of aliphatic imine (C=N–C) groups is 1. The fraction of sp³-hybridized carbons (Fsp3) is 0.643. The number of nitrogens with zero attached hydrogens (tertiary/aromatic N) is 3. The summed E-state index contributed by atoms with van der Waals surface area (Å²) in [4.78, 5) is 6.40. The Kier molecular flexibility index (Phi) is 7.83. The smallest absolute Gasteiger partial charge is 0.193 e. The molecule has 1 N–H and O–H groups in total. The zero-order chi connectivity index (χ0) is 14.5. The van der Waals surface area contributed by atoms with E-state index in [9.17, 15) is 0 Å². The molecule has 0 saturated carbocycles. The maximum Gasteiger partial charge on any atom is 0.193 e. The molecule has 1 aromatic rings. The van der Waals surface area contributed by atoms with E-state index in [1.165, 1.54) is 0 Å². The minimum atomic E-state index is 0. The van der Waals surface area contributed by atoms with Gasteiger partial charge < -0.3 is 19.5 Å². The van der Waals surface area contributed by atoms with Gasteiger partial charge in [-0.15, -0.1) is 24.0 Å². The van der Waals surface area contributed by atoms with Crippen molar-refractivity contribution in [3.63, 3.8) is 0 Å². The van der Waals surface area contributed by atoms with Crippen LogP contribution in [0.1, 0.15) is 18.5 Å². The average molecular weight is 427 g/mol. The Morgan fingerprint density at radius 3 is 2.90 bits per heavy atom. The van der Waals surface area contributed by atoms with E-state index in [1.54, 1.807) is 7.05 Å². The second-order valence-corrected chi connectivity index (χ2v) is 5.62. The molecular weight excluding hydrogens is 403 g/mol. The van der Waals surface area contributed by atoms with Gasteiger partial charge in [0.1, 0.15) is 0 Å². The minimum Gasteiger partial charge on any atom is -0.376 e. The maximum absolute atomic E-state index is 6.01. The van der Waals surface area contributed by atoms with E-state index in [2.05, 4.69) is 15.2 Å². The third-order valence-corrected chi connectivity index (χ3v) is 3.77. The van der Waals surface area contributed by atoms with Gasteiger partial charge in [0.2, 0.25) is 0 Å². The molecule has 0 amide bonds. The average Bonchev–Trinajstić information content (AvgIpc) is 3.01. The Balaban J connectivity index is 0.00000220. The number of rotatable bonds is 4. The van der Waals surface area contributed by atoms with Crippen LogP contribution in [0, 0.1) is 0 Å². The van der Waals surface area contributed by atoms with Crippen LogP contribution in [0.5, 0.6) is 0 Å². The van der Waals surface area contributed by atoms with Crippen molar-refractivity contribution >= 4 is 41.5 Å². The highest BCUT2D eigenvalue weighted by molar-refractivity contribution is 14.0. The monoisotopic (exact) mass is 426 g/mol. The van der Waals surface area contributed by atoms with Crippen molar-refractivity contribution in [1.29, 1.82) is 0 Å². The first-order chi connectivity index (χ1) is 9.60. The number of guanidine groups is 1. The molecule has 1 fully saturated rings. The zero-order valence-electron chi connectivity index (χ0n) is 12.8. The topological polar surface area (TPSA) is 41.8 Å². The molecule has 0 aromatic carbocycles. The number of nitrogens with one attached hydrogen (secondary N) is 1. The fourth-order valence-corrected chi connectivity index (χ4v) is 2.71. The number of hydrogen-bond donors (Lipinski definition) is 1. The lowest BCUT2D eigenvalue weighted by atomic mass is 10.2. The van der Waals surface area contributed by atoms with Crippen molar-refractivity contribution in [3.05, 3.63) is 23.0 Å². The van der Waals surface area contributed by atoms with Gasteiger partial charge >= 0.3 is 0 Å². The molecule has 0 aliphatic carbocycles. The number of aromatic nitrogens is 1. The molecular formula is C14H24ClIN4O. The molecule has 0 bridgehead atoms. The summed E-state index contributed by atoms with van der Waals surface area (Å²) in [6, 6.07) is 1.98. The van der Waals surface area contributed by atoms with Crippen molar-refractivity contribution in [1.82, 2.24) is 14.8 Å². The Bertz CT molecular complexity index is 472. The summed E-state index contributed by atoms with van der Waals surface area (Å²) in [6.45, 7) is 2.45. The molecule has 1 saturated heterocycles. The van der Waals surface area contributed by atoms with Crippen LogP contribution in [0.25, 0.3) is 0 Å². The third-order valence-electron chi connectivity index (χ3n) is 3.56. The molecule has 1 aromatic heterocycles. The molecule has 1 atom stereocenters. The summed E-state index contributed by atoms with van der Waals surface area (Å²) in [6.07, 6.45) is 4.50. The maximum atomic E-state index is 6.01. The van der Waals surface area contributed by atoms with E-state index >= 15 is 0 Å². The Morgan fingerprint density at radius 1 is 1.62 bits per heavy atom. The van der Waals surface area contributed by atoms with Crippen molar-refractivity contribution in [2.24, 2.45) is 12.0 Å². The van der Waals surface area contributed by atoms with Gasteiger partial charge in [-0.05, 0) is 18.9 Å².